The highest BCUT2D eigenvalue weighted by Gasteiger charge is 2.20. The number of nitrogens with two attached hydrogens (primary N) is 1. The maximum atomic E-state index is 12.1. The number of hydrogen-bond acceptors (Lipinski definition) is 4. The summed E-state index contributed by atoms with van der Waals surface area (Å²) in [6.07, 6.45) is 2.28. The standard InChI is InChI=1S/C16H20BrN3O2/c1-3-10(2)14(18)16-20-13(9-22-16)15(21)19-8-11-6-4-5-7-12(11)17/h4-7,9-10,14H,3,8,18H2,1-2H3,(H,19,21). The topological polar surface area (TPSA) is 81.1 Å². The van der Waals surface area contributed by atoms with Crippen molar-refractivity contribution < 1.29 is 9.21 Å². The molecule has 1 aromatic carbocycles. The Labute approximate surface area is 138 Å². The summed E-state index contributed by atoms with van der Waals surface area (Å²) < 4.78 is 6.29. The molecule has 1 aromatic heterocycles. The minimum absolute atomic E-state index is 0.245. The molecule has 6 heteroatoms. The van der Waals surface area contributed by atoms with Crippen LogP contribution >= 0.6 is 15.9 Å². The first-order valence-electron chi connectivity index (χ1n) is 7.25. The number of oxazole rings is 1. The van der Waals surface area contributed by atoms with Crippen molar-refractivity contribution in [3.05, 3.63) is 52.1 Å². The summed E-state index contributed by atoms with van der Waals surface area (Å²) in [5, 5.41) is 2.82. The van der Waals surface area contributed by atoms with Gasteiger partial charge in [0, 0.05) is 11.0 Å². The Kier molecular flexibility index (Phi) is 5.74. The molecular formula is C16H20BrN3O2. The van der Waals surface area contributed by atoms with E-state index in [2.05, 4.69) is 33.2 Å². The average Bonchev–Trinajstić information content (AvgIpc) is 3.02. The van der Waals surface area contributed by atoms with Crippen LogP contribution in [0, 0.1) is 5.92 Å². The number of amides is 1. The van der Waals surface area contributed by atoms with Gasteiger partial charge < -0.3 is 15.5 Å². The number of nitrogens with one attached hydrogen (secondary N) is 1. The van der Waals surface area contributed by atoms with E-state index in [-0.39, 0.29) is 23.6 Å². The van der Waals surface area contributed by atoms with Gasteiger partial charge in [-0.2, -0.15) is 0 Å². The van der Waals surface area contributed by atoms with Crippen molar-refractivity contribution in [2.75, 3.05) is 0 Å². The van der Waals surface area contributed by atoms with Gasteiger partial charge in [0.1, 0.15) is 6.26 Å². The Hall–Kier alpha value is -1.66. The number of benzene rings is 1. The second-order valence-electron chi connectivity index (χ2n) is 5.26. The zero-order chi connectivity index (χ0) is 16.1. The third-order valence-corrected chi connectivity index (χ3v) is 4.47. The molecule has 0 spiro atoms. The van der Waals surface area contributed by atoms with Crippen molar-refractivity contribution in [1.29, 1.82) is 0 Å². The number of carbonyl (C=O) groups excluding carboxylic acids is 1. The molecule has 2 atom stereocenters. The molecule has 3 N–H and O–H groups in total. The highest BCUT2D eigenvalue weighted by atomic mass is 79.9. The van der Waals surface area contributed by atoms with Gasteiger partial charge in [-0.25, -0.2) is 4.98 Å². The lowest BCUT2D eigenvalue weighted by molar-refractivity contribution is 0.0945. The summed E-state index contributed by atoms with van der Waals surface area (Å²) in [5.41, 5.74) is 7.30. The van der Waals surface area contributed by atoms with Crippen LogP contribution < -0.4 is 11.1 Å². The van der Waals surface area contributed by atoms with E-state index in [4.69, 9.17) is 10.2 Å². The Morgan fingerprint density at radius 2 is 2.18 bits per heavy atom. The fourth-order valence-corrected chi connectivity index (χ4v) is 2.38. The molecule has 0 aliphatic rings. The predicted octanol–water partition coefficient (Wildman–Crippen LogP) is 3.41. The number of rotatable bonds is 6. The summed E-state index contributed by atoms with van der Waals surface area (Å²) in [5.74, 6) is 0.373. The Balaban J connectivity index is 1.99. The first kappa shape index (κ1) is 16.7. The van der Waals surface area contributed by atoms with Gasteiger partial charge in [0.2, 0.25) is 5.89 Å². The van der Waals surface area contributed by atoms with Gasteiger partial charge in [-0.3, -0.25) is 4.79 Å². The van der Waals surface area contributed by atoms with Crippen LogP contribution in [0.4, 0.5) is 0 Å². The average molecular weight is 366 g/mol. The van der Waals surface area contributed by atoms with Crippen LogP contribution in [-0.4, -0.2) is 10.9 Å². The number of halogens is 1. The van der Waals surface area contributed by atoms with Crippen molar-refractivity contribution in [1.82, 2.24) is 10.3 Å². The summed E-state index contributed by atoms with van der Waals surface area (Å²) in [4.78, 5) is 16.3. The maximum Gasteiger partial charge on any atom is 0.273 e. The smallest absolute Gasteiger partial charge is 0.273 e. The first-order valence-corrected chi connectivity index (χ1v) is 8.04. The molecule has 0 fully saturated rings. The van der Waals surface area contributed by atoms with Gasteiger partial charge in [-0.15, -0.1) is 0 Å². The summed E-state index contributed by atoms with van der Waals surface area (Å²) in [6.45, 7) is 4.50. The van der Waals surface area contributed by atoms with Crippen LogP contribution in [0.25, 0.3) is 0 Å². The molecule has 0 saturated heterocycles. The minimum Gasteiger partial charge on any atom is -0.446 e. The first-order chi connectivity index (χ1) is 10.5. The highest BCUT2D eigenvalue weighted by Crippen LogP contribution is 2.21. The zero-order valence-corrected chi connectivity index (χ0v) is 14.3. The van der Waals surface area contributed by atoms with Crippen molar-refractivity contribution in [2.45, 2.75) is 32.9 Å². The van der Waals surface area contributed by atoms with Gasteiger partial charge in [0.05, 0.1) is 6.04 Å². The lowest BCUT2D eigenvalue weighted by Crippen LogP contribution is -2.24. The van der Waals surface area contributed by atoms with E-state index in [1.165, 1.54) is 6.26 Å². The number of hydrogen-bond donors (Lipinski definition) is 2. The van der Waals surface area contributed by atoms with Crippen molar-refractivity contribution >= 4 is 21.8 Å². The number of nitrogens with zero attached hydrogens (tertiary/aromatic N) is 1. The SMILES string of the molecule is CCC(C)C(N)c1nc(C(=O)NCc2ccccc2Br)co1. The Morgan fingerprint density at radius 1 is 1.45 bits per heavy atom. The third-order valence-electron chi connectivity index (χ3n) is 3.69. The quantitative estimate of drug-likeness (QED) is 0.821. The molecule has 5 nitrogen and oxygen atoms in total. The number of carbonyl (C=O) groups is 1. The van der Waals surface area contributed by atoms with Crippen LogP contribution in [0.5, 0.6) is 0 Å². The molecule has 2 unspecified atom stereocenters. The van der Waals surface area contributed by atoms with Crippen LogP contribution in [0.2, 0.25) is 0 Å². The Bertz CT molecular complexity index is 642. The monoisotopic (exact) mass is 365 g/mol. The van der Waals surface area contributed by atoms with E-state index in [1.54, 1.807) is 0 Å². The molecule has 0 aliphatic heterocycles. The molecule has 118 valence electrons. The molecule has 1 amide bonds. The molecule has 0 radical (unpaired) electrons. The van der Waals surface area contributed by atoms with Crippen LogP contribution in [-0.2, 0) is 6.54 Å². The molecule has 0 saturated carbocycles. The molecule has 2 aromatic rings. The maximum absolute atomic E-state index is 12.1. The van der Waals surface area contributed by atoms with E-state index in [1.807, 2.05) is 31.2 Å². The van der Waals surface area contributed by atoms with Gasteiger partial charge in [0.25, 0.3) is 5.91 Å². The number of aromatic nitrogens is 1. The lowest BCUT2D eigenvalue weighted by Gasteiger charge is -2.13. The minimum atomic E-state index is -0.296. The largest absolute Gasteiger partial charge is 0.446 e. The summed E-state index contributed by atoms with van der Waals surface area (Å²) >= 11 is 3.45. The summed E-state index contributed by atoms with van der Waals surface area (Å²) in [7, 11) is 0. The molecule has 0 aliphatic carbocycles. The molecule has 1 heterocycles. The van der Waals surface area contributed by atoms with Crippen molar-refractivity contribution in [3.8, 4) is 0 Å². The van der Waals surface area contributed by atoms with E-state index in [0.717, 1.165) is 16.5 Å². The second kappa shape index (κ2) is 7.56. The molecule has 2 rings (SSSR count). The Morgan fingerprint density at radius 3 is 2.86 bits per heavy atom. The highest BCUT2D eigenvalue weighted by molar-refractivity contribution is 9.10. The predicted molar refractivity (Wildman–Crippen MR) is 88.2 cm³/mol. The second-order valence-corrected chi connectivity index (χ2v) is 6.11. The van der Waals surface area contributed by atoms with Gasteiger partial charge in [0.15, 0.2) is 5.69 Å². The van der Waals surface area contributed by atoms with E-state index < -0.39 is 0 Å². The molecule has 22 heavy (non-hydrogen) atoms. The fraction of sp³-hybridized carbons (Fsp3) is 0.375. The van der Waals surface area contributed by atoms with Crippen LogP contribution in [0.1, 0.15) is 48.3 Å². The normalized spacial score (nSPS) is 13.6. The lowest BCUT2D eigenvalue weighted by atomic mass is 10.0. The van der Waals surface area contributed by atoms with Crippen LogP contribution in [0.3, 0.4) is 0 Å². The van der Waals surface area contributed by atoms with Crippen LogP contribution in [0.15, 0.2) is 39.4 Å². The molecular weight excluding hydrogens is 346 g/mol. The fourth-order valence-electron chi connectivity index (χ4n) is 1.95. The van der Waals surface area contributed by atoms with E-state index in [0.29, 0.717) is 12.4 Å². The third kappa shape index (κ3) is 3.96. The van der Waals surface area contributed by atoms with Crippen molar-refractivity contribution in [2.24, 2.45) is 11.7 Å². The van der Waals surface area contributed by atoms with Gasteiger partial charge >= 0.3 is 0 Å². The zero-order valence-electron chi connectivity index (χ0n) is 12.7. The van der Waals surface area contributed by atoms with Gasteiger partial charge in [-0.05, 0) is 17.5 Å². The molecule has 0 bridgehead atoms. The van der Waals surface area contributed by atoms with E-state index >= 15 is 0 Å². The summed E-state index contributed by atoms with van der Waals surface area (Å²) in [6, 6.07) is 7.43. The van der Waals surface area contributed by atoms with E-state index in [9.17, 15) is 4.79 Å². The van der Waals surface area contributed by atoms with Gasteiger partial charge in [-0.1, -0.05) is 54.4 Å². The van der Waals surface area contributed by atoms with Crippen molar-refractivity contribution in [3.63, 3.8) is 0 Å².